The van der Waals surface area contributed by atoms with Crippen molar-refractivity contribution >= 4 is 38.6 Å². The SMILES string of the molecule is CS(=O)(=O)OC(=O)[C@@H](N)Cc1c[nH]c2cc(Cl)ccc12. The van der Waals surface area contributed by atoms with Crippen LogP contribution in [0, 0.1) is 0 Å². The fourth-order valence-corrected chi connectivity index (χ4v) is 2.45. The smallest absolute Gasteiger partial charge is 0.339 e. The normalized spacial score (nSPS) is 13.3. The Morgan fingerprint density at radius 2 is 2.20 bits per heavy atom. The number of aromatic amines is 1. The molecule has 0 fully saturated rings. The van der Waals surface area contributed by atoms with Gasteiger partial charge in [-0.2, -0.15) is 8.42 Å². The zero-order valence-electron chi connectivity index (χ0n) is 10.6. The second-order valence-corrected chi connectivity index (χ2v) is 6.43. The van der Waals surface area contributed by atoms with E-state index in [9.17, 15) is 13.2 Å². The second-order valence-electron chi connectivity index (χ2n) is 4.42. The highest BCUT2D eigenvalue weighted by molar-refractivity contribution is 7.86. The van der Waals surface area contributed by atoms with Gasteiger partial charge in [0.15, 0.2) is 0 Å². The zero-order chi connectivity index (χ0) is 14.9. The molecule has 0 radical (unpaired) electrons. The summed E-state index contributed by atoms with van der Waals surface area (Å²) in [5.74, 6) is -0.976. The number of nitrogens with two attached hydrogens (primary N) is 1. The predicted octanol–water partition coefficient (Wildman–Crippen LogP) is 1.19. The molecule has 0 unspecified atom stereocenters. The largest absolute Gasteiger partial charge is 0.361 e. The maximum Gasteiger partial charge on any atom is 0.339 e. The molecule has 20 heavy (non-hydrogen) atoms. The summed E-state index contributed by atoms with van der Waals surface area (Å²) in [6.45, 7) is 0. The molecule has 108 valence electrons. The van der Waals surface area contributed by atoms with E-state index in [1.165, 1.54) is 0 Å². The highest BCUT2D eigenvalue weighted by Gasteiger charge is 2.21. The van der Waals surface area contributed by atoms with Crippen LogP contribution in [0.4, 0.5) is 0 Å². The molecule has 0 spiro atoms. The molecule has 0 aliphatic rings. The molecule has 1 aromatic heterocycles. The highest BCUT2D eigenvalue weighted by atomic mass is 35.5. The number of carbonyl (C=O) groups is 1. The van der Waals surface area contributed by atoms with Gasteiger partial charge in [0.25, 0.3) is 0 Å². The van der Waals surface area contributed by atoms with Crippen molar-refractivity contribution in [1.82, 2.24) is 4.98 Å². The highest BCUT2D eigenvalue weighted by Crippen LogP contribution is 2.22. The number of fused-ring (bicyclic) bond motifs is 1. The number of halogens is 1. The average Bonchev–Trinajstić information content (AvgIpc) is 2.69. The standard InChI is InChI=1S/C12H13ClN2O4S/c1-20(17,18)19-12(16)10(14)4-7-6-15-11-5-8(13)2-3-9(7)11/h2-3,5-6,10,15H,4,14H2,1H3/t10-/m0/s1. The van der Waals surface area contributed by atoms with Gasteiger partial charge in [0.1, 0.15) is 6.04 Å². The van der Waals surface area contributed by atoms with Crippen molar-refractivity contribution in [2.75, 3.05) is 6.26 Å². The number of nitrogens with one attached hydrogen (secondary N) is 1. The Hall–Kier alpha value is -1.57. The van der Waals surface area contributed by atoms with Gasteiger partial charge < -0.3 is 14.9 Å². The van der Waals surface area contributed by atoms with E-state index in [1.54, 1.807) is 24.4 Å². The van der Waals surface area contributed by atoms with Crippen molar-refractivity contribution in [3.63, 3.8) is 0 Å². The number of aromatic nitrogens is 1. The van der Waals surface area contributed by atoms with Crippen molar-refractivity contribution in [3.8, 4) is 0 Å². The average molecular weight is 317 g/mol. The molecule has 0 amide bonds. The Morgan fingerprint density at radius 1 is 1.50 bits per heavy atom. The third-order valence-electron chi connectivity index (χ3n) is 2.71. The van der Waals surface area contributed by atoms with Gasteiger partial charge in [0.05, 0.1) is 6.26 Å². The molecule has 0 saturated carbocycles. The molecule has 1 heterocycles. The van der Waals surface area contributed by atoms with E-state index in [0.29, 0.717) is 5.02 Å². The van der Waals surface area contributed by atoms with Crippen LogP contribution >= 0.6 is 11.6 Å². The Labute approximate surface area is 121 Å². The van der Waals surface area contributed by atoms with E-state index >= 15 is 0 Å². The molecule has 0 aliphatic carbocycles. The molecule has 3 N–H and O–H groups in total. The second kappa shape index (κ2) is 5.43. The third kappa shape index (κ3) is 3.50. The van der Waals surface area contributed by atoms with Crippen LogP contribution in [-0.2, 0) is 25.5 Å². The monoisotopic (exact) mass is 316 g/mol. The van der Waals surface area contributed by atoms with Crippen LogP contribution in [0.25, 0.3) is 10.9 Å². The number of hydrogen-bond donors (Lipinski definition) is 2. The molecular weight excluding hydrogens is 304 g/mol. The lowest BCUT2D eigenvalue weighted by atomic mass is 10.1. The van der Waals surface area contributed by atoms with E-state index in [2.05, 4.69) is 9.17 Å². The fourth-order valence-electron chi connectivity index (χ4n) is 1.86. The number of H-pyrrole nitrogens is 1. The quantitative estimate of drug-likeness (QED) is 0.825. The number of carbonyl (C=O) groups excluding carboxylic acids is 1. The van der Waals surface area contributed by atoms with Gasteiger partial charge in [-0.15, -0.1) is 0 Å². The van der Waals surface area contributed by atoms with E-state index in [4.69, 9.17) is 17.3 Å². The molecule has 1 atom stereocenters. The van der Waals surface area contributed by atoms with Crippen LogP contribution in [0.5, 0.6) is 0 Å². The van der Waals surface area contributed by atoms with Crippen molar-refractivity contribution in [2.45, 2.75) is 12.5 Å². The summed E-state index contributed by atoms with van der Waals surface area (Å²) in [6, 6.07) is 4.22. The summed E-state index contributed by atoms with van der Waals surface area (Å²) in [4.78, 5) is 14.5. The summed E-state index contributed by atoms with van der Waals surface area (Å²) < 4.78 is 26.0. The maximum atomic E-state index is 11.5. The zero-order valence-corrected chi connectivity index (χ0v) is 12.2. The summed E-state index contributed by atoms with van der Waals surface area (Å²) in [5.41, 5.74) is 7.26. The van der Waals surface area contributed by atoms with Crippen LogP contribution in [0.3, 0.4) is 0 Å². The van der Waals surface area contributed by atoms with Gasteiger partial charge in [0, 0.05) is 28.5 Å². The van der Waals surface area contributed by atoms with Crippen LogP contribution in [0.15, 0.2) is 24.4 Å². The molecule has 2 aromatic rings. The third-order valence-corrected chi connectivity index (χ3v) is 3.41. The van der Waals surface area contributed by atoms with Crippen molar-refractivity contribution < 1.29 is 17.4 Å². The summed E-state index contributed by atoms with van der Waals surface area (Å²) in [7, 11) is -3.85. The first kappa shape index (κ1) is 14.8. The number of benzene rings is 1. The predicted molar refractivity (Wildman–Crippen MR) is 75.9 cm³/mol. The van der Waals surface area contributed by atoms with E-state index < -0.39 is 22.1 Å². The van der Waals surface area contributed by atoms with E-state index in [-0.39, 0.29) is 6.42 Å². The van der Waals surface area contributed by atoms with Gasteiger partial charge in [-0.25, -0.2) is 4.79 Å². The lowest BCUT2D eigenvalue weighted by Gasteiger charge is -2.09. The summed E-state index contributed by atoms with van der Waals surface area (Å²) in [5, 5.41) is 1.46. The number of hydrogen-bond acceptors (Lipinski definition) is 5. The van der Waals surface area contributed by atoms with Crippen LogP contribution in [0.2, 0.25) is 5.02 Å². The van der Waals surface area contributed by atoms with Crippen molar-refractivity contribution in [2.24, 2.45) is 5.73 Å². The first-order chi connectivity index (χ1) is 9.26. The van der Waals surface area contributed by atoms with E-state index in [0.717, 1.165) is 22.7 Å². The first-order valence-electron chi connectivity index (χ1n) is 5.70. The Balaban J connectivity index is 2.18. The summed E-state index contributed by atoms with van der Waals surface area (Å²) in [6.07, 6.45) is 2.66. The fraction of sp³-hybridized carbons (Fsp3) is 0.250. The molecule has 8 heteroatoms. The molecule has 1 aromatic carbocycles. The van der Waals surface area contributed by atoms with Crippen LogP contribution in [0.1, 0.15) is 5.56 Å². The van der Waals surface area contributed by atoms with Gasteiger partial charge >= 0.3 is 16.1 Å². The van der Waals surface area contributed by atoms with Gasteiger partial charge in [-0.1, -0.05) is 17.7 Å². The minimum atomic E-state index is -3.85. The molecule has 0 saturated heterocycles. The van der Waals surface area contributed by atoms with Gasteiger partial charge in [0.2, 0.25) is 0 Å². The van der Waals surface area contributed by atoms with Gasteiger partial charge in [-0.3, -0.25) is 0 Å². The lowest BCUT2D eigenvalue weighted by Crippen LogP contribution is -2.35. The first-order valence-corrected chi connectivity index (χ1v) is 7.90. The summed E-state index contributed by atoms with van der Waals surface area (Å²) >= 11 is 5.87. The van der Waals surface area contributed by atoms with Crippen molar-refractivity contribution in [3.05, 3.63) is 35.0 Å². The topological polar surface area (TPSA) is 102 Å². The maximum absolute atomic E-state index is 11.5. The van der Waals surface area contributed by atoms with Crippen molar-refractivity contribution in [1.29, 1.82) is 0 Å². The number of rotatable bonds is 4. The minimum Gasteiger partial charge on any atom is -0.361 e. The Kier molecular flexibility index (Phi) is 4.03. The molecule has 6 nitrogen and oxygen atoms in total. The lowest BCUT2D eigenvalue weighted by molar-refractivity contribution is -0.135. The van der Waals surface area contributed by atoms with Gasteiger partial charge in [-0.05, 0) is 17.7 Å². The minimum absolute atomic E-state index is 0.163. The Morgan fingerprint density at radius 3 is 2.85 bits per heavy atom. The molecule has 2 rings (SSSR count). The van der Waals surface area contributed by atoms with Crippen LogP contribution in [-0.4, -0.2) is 31.7 Å². The molecular formula is C12H13ClN2O4S. The van der Waals surface area contributed by atoms with E-state index in [1.807, 2.05) is 0 Å². The van der Waals surface area contributed by atoms with Crippen LogP contribution < -0.4 is 5.73 Å². The molecule has 0 aliphatic heterocycles. The Bertz CT molecular complexity index is 754. The molecule has 0 bridgehead atoms.